The van der Waals surface area contributed by atoms with Crippen molar-refractivity contribution in [1.29, 1.82) is 0 Å². The molecule has 0 bridgehead atoms. The van der Waals surface area contributed by atoms with Gasteiger partial charge in [-0.25, -0.2) is 4.98 Å². The third kappa shape index (κ3) is 4.52. The van der Waals surface area contributed by atoms with Crippen LogP contribution < -0.4 is 5.32 Å². The van der Waals surface area contributed by atoms with Gasteiger partial charge in [0.05, 0.1) is 13.2 Å². The van der Waals surface area contributed by atoms with Gasteiger partial charge in [0.15, 0.2) is 5.69 Å². The van der Waals surface area contributed by atoms with Gasteiger partial charge in [0.2, 0.25) is 0 Å². The molecule has 0 fully saturated rings. The van der Waals surface area contributed by atoms with Crippen molar-refractivity contribution in [3.05, 3.63) is 27.9 Å². The lowest BCUT2D eigenvalue weighted by Crippen LogP contribution is -2.25. The van der Waals surface area contributed by atoms with E-state index in [0.717, 1.165) is 0 Å². The molecule has 1 heterocycles. The summed E-state index contributed by atoms with van der Waals surface area (Å²) in [5.41, 5.74) is 0.151. The lowest BCUT2D eigenvalue weighted by atomic mass is 10.4. The molecule has 100 valence electrons. The first-order chi connectivity index (χ1) is 8.65. The van der Waals surface area contributed by atoms with Crippen molar-refractivity contribution < 1.29 is 19.6 Å². The molecule has 18 heavy (non-hydrogen) atoms. The normalized spacial score (nSPS) is 10.3. The highest BCUT2D eigenvalue weighted by Gasteiger charge is 2.14. The van der Waals surface area contributed by atoms with Gasteiger partial charge in [-0.3, -0.25) is 4.79 Å². The van der Waals surface area contributed by atoms with Crippen LogP contribution in [0.4, 0.5) is 5.82 Å². The molecule has 0 aliphatic heterocycles. The van der Waals surface area contributed by atoms with Crippen LogP contribution in [0.3, 0.4) is 0 Å². The van der Waals surface area contributed by atoms with E-state index >= 15 is 0 Å². The summed E-state index contributed by atoms with van der Waals surface area (Å²) in [6, 6.07) is 2.59. The molecule has 0 aliphatic carbocycles. The van der Waals surface area contributed by atoms with Gasteiger partial charge in [-0.2, -0.15) is 0 Å². The summed E-state index contributed by atoms with van der Waals surface area (Å²) < 4.78 is 5.01. The quantitative estimate of drug-likeness (QED) is 0.345. The van der Waals surface area contributed by atoms with Gasteiger partial charge in [-0.15, -0.1) is 0 Å². The molecule has 0 aliphatic rings. The average molecular weight is 257 g/mol. The summed E-state index contributed by atoms with van der Waals surface area (Å²) in [5.74, 6) is -0.614. The molecular formula is C10H15N3O5. The zero-order valence-corrected chi connectivity index (χ0v) is 9.72. The molecule has 0 unspecified atom stereocenters. The van der Waals surface area contributed by atoms with E-state index in [1.807, 2.05) is 0 Å². The number of hydrogen-bond donors (Lipinski definition) is 3. The molecule has 1 rings (SSSR count). The first kappa shape index (κ1) is 14.1. The predicted octanol–water partition coefficient (Wildman–Crippen LogP) is 0.0517. The lowest BCUT2D eigenvalue weighted by Gasteiger charge is -2.03. The fourth-order valence-corrected chi connectivity index (χ4v) is 1.26. The highest BCUT2D eigenvalue weighted by atomic mass is 16.6. The minimum atomic E-state index is -0.598. The standard InChI is InChI=1S/C10H15N3O5/c14-5-7-18-6-1-4-11-10(15)8-2-3-9(12-8)13(16)17/h2-3,12,14H,1,4-7H2,(H,11,15). The number of hydrogen-bond acceptors (Lipinski definition) is 5. The zero-order chi connectivity index (χ0) is 13.4. The monoisotopic (exact) mass is 257 g/mol. The first-order valence-corrected chi connectivity index (χ1v) is 5.45. The van der Waals surface area contributed by atoms with Crippen LogP contribution >= 0.6 is 0 Å². The van der Waals surface area contributed by atoms with Crippen molar-refractivity contribution >= 4 is 11.7 Å². The molecule has 1 amide bonds. The van der Waals surface area contributed by atoms with Crippen LogP contribution in [0, 0.1) is 10.1 Å². The van der Waals surface area contributed by atoms with Gasteiger partial charge in [0.1, 0.15) is 0 Å². The fourth-order valence-electron chi connectivity index (χ4n) is 1.26. The molecule has 0 saturated heterocycles. The second-order valence-electron chi connectivity index (χ2n) is 3.46. The number of aromatic amines is 1. The topological polar surface area (TPSA) is 117 Å². The van der Waals surface area contributed by atoms with E-state index in [1.165, 1.54) is 12.1 Å². The second-order valence-corrected chi connectivity index (χ2v) is 3.46. The minimum absolute atomic E-state index is 0.0293. The maximum atomic E-state index is 11.5. The number of aromatic nitrogens is 1. The highest BCUT2D eigenvalue weighted by molar-refractivity contribution is 5.92. The number of H-pyrrole nitrogens is 1. The number of nitrogens with one attached hydrogen (secondary N) is 2. The summed E-state index contributed by atoms with van der Waals surface area (Å²) in [7, 11) is 0. The Morgan fingerprint density at radius 3 is 2.89 bits per heavy atom. The van der Waals surface area contributed by atoms with Crippen molar-refractivity contribution in [2.24, 2.45) is 0 Å². The van der Waals surface area contributed by atoms with Crippen LogP contribution in [-0.4, -0.2) is 47.3 Å². The van der Waals surface area contributed by atoms with Crippen molar-refractivity contribution in [2.75, 3.05) is 26.4 Å². The molecule has 8 heteroatoms. The summed E-state index contributed by atoms with van der Waals surface area (Å²) in [4.78, 5) is 23.7. The minimum Gasteiger partial charge on any atom is -0.394 e. The van der Waals surface area contributed by atoms with E-state index < -0.39 is 10.8 Å². The molecule has 0 aromatic carbocycles. The Morgan fingerprint density at radius 1 is 1.50 bits per heavy atom. The Hall–Kier alpha value is -1.93. The van der Waals surface area contributed by atoms with Crippen molar-refractivity contribution in [1.82, 2.24) is 10.3 Å². The predicted molar refractivity (Wildman–Crippen MR) is 62.3 cm³/mol. The van der Waals surface area contributed by atoms with Crippen LogP contribution in [0.15, 0.2) is 12.1 Å². The van der Waals surface area contributed by atoms with Crippen LogP contribution in [0.25, 0.3) is 0 Å². The van der Waals surface area contributed by atoms with E-state index in [0.29, 0.717) is 19.6 Å². The number of aliphatic hydroxyl groups excluding tert-OH is 1. The number of rotatable bonds is 8. The van der Waals surface area contributed by atoms with Gasteiger partial charge in [0.25, 0.3) is 5.91 Å². The lowest BCUT2D eigenvalue weighted by molar-refractivity contribution is -0.389. The average Bonchev–Trinajstić information content (AvgIpc) is 2.83. The molecule has 3 N–H and O–H groups in total. The van der Waals surface area contributed by atoms with Crippen molar-refractivity contribution in [3.8, 4) is 0 Å². The number of carbonyl (C=O) groups excluding carboxylic acids is 1. The first-order valence-electron chi connectivity index (χ1n) is 5.45. The smallest absolute Gasteiger partial charge is 0.321 e. The van der Waals surface area contributed by atoms with E-state index in [-0.39, 0.29) is 24.7 Å². The van der Waals surface area contributed by atoms with Gasteiger partial charge < -0.3 is 25.3 Å². The Kier molecular flexibility index (Phi) is 5.81. The third-order valence-electron chi connectivity index (χ3n) is 2.10. The van der Waals surface area contributed by atoms with Crippen molar-refractivity contribution in [3.63, 3.8) is 0 Å². The number of nitro groups is 1. The molecule has 0 atom stereocenters. The van der Waals surface area contributed by atoms with Gasteiger partial charge in [0, 0.05) is 19.2 Å². The largest absolute Gasteiger partial charge is 0.394 e. The van der Waals surface area contributed by atoms with E-state index in [1.54, 1.807) is 0 Å². The third-order valence-corrected chi connectivity index (χ3v) is 2.10. The second kappa shape index (κ2) is 7.41. The van der Waals surface area contributed by atoms with Gasteiger partial charge >= 0.3 is 5.82 Å². The van der Waals surface area contributed by atoms with Crippen LogP contribution in [0.5, 0.6) is 0 Å². The number of nitrogens with zero attached hydrogens (tertiary/aromatic N) is 1. The fraction of sp³-hybridized carbons (Fsp3) is 0.500. The van der Waals surface area contributed by atoms with Crippen LogP contribution in [0.1, 0.15) is 16.9 Å². The molecule has 1 aromatic heterocycles. The number of amides is 1. The number of ether oxygens (including phenoxy) is 1. The zero-order valence-electron chi connectivity index (χ0n) is 9.72. The van der Waals surface area contributed by atoms with Crippen molar-refractivity contribution in [2.45, 2.75) is 6.42 Å². The van der Waals surface area contributed by atoms with Gasteiger partial charge in [-0.05, 0) is 17.4 Å². The maximum absolute atomic E-state index is 11.5. The Bertz CT molecular complexity index is 404. The summed E-state index contributed by atoms with van der Waals surface area (Å²) in [6.07, 6.45) is 0.606. The van der Waals surface area contributed by atoms with E-state index in [2.05, 4.69) is 10.3 Å². The van der Waals surface area contributed by atoms with Crippen LogP contribution in [-0.2, 0) is 4.74 Å². The van der Waals surface area contributed by atoms with E-state index in [9.17, 15) is 14.9 Å². The number of carbonyl (C=O) groups is 1. The Balaban J connectivity index is 2.25. The van der Waals surface area contributed by atoms with Crippen LogP contribution in [0.2, 0.25) is 0 Å². The highest BCUT2D eigenvalue weighted by Crippen LogP contribution is 2.09. The summed E-state index contributed by atoms with van der Waals surface area (Å²) in [5, 5.41) is 21.4. The SMILES string of the molecule is O=C(NCCCOCCO)c1ccc([N+](=O)[O-])[nH]1. The molecule has 0 saturated carbocycles. The molecule has 1 aromatic rings. The molecular weight excluding hydrogens is 242 g/mol. The molecule has 0 radical (unpaired) electrons. The van der Waals surface area contributed by atoms with E-state index in [4.69, 9.17) is 9.84 Å². The Morgan fingerprint density at radius 2 is 2.28 bits per heavy atom. The summed E-state index contributed by atoms with van der Waals surface area (Å²) in [6.45, 7) is 1.08. The molecule has 8 nitrogen and oxygen atoms in total. The Labute approximate surface area is 103 Å². The van der Waals surface area contributed by atoms with Gasteiger partial charge in [-0.1, -0.05) is 0 Å². The summed E-state index contributed by atoms with van der Waals surface area (Å²) >= 11 is 0. The molecule has 0 spiro atoms. The maximum Gasteiger partial charge on any atom is 0.321 e. The number of aliphatic hydroxyl groups is 1.